The van der Waals surface area contributed by atoms with E-state index in [2.05, 4.69) is 0 Å². The standard InChI is InChI=1S/2C8H4F6.2BF4/c2*9-7(10,11)5-2-1-3-6(4-5)8(12,13)14;2*2-1(3,4)5/h2*1-4H;;/q;;2*-1. The van der Waals surface area contributed by atoms with Crippen molar-refractivity contribution in [2.45, 2.75) is 24.7 Å². The molecule has 0 unspecified atom stereocenters. The Labute approximate surface area is 198 Å². The van der Waals surface area contributed by atoms with Crippen LogP contribution in [0.2, 0.25) is 0 Å². The number of hydrogen-bond donors (Lipinski definition) is 0. The summed E-state index contributed by atoms with van der Waals surface area (Å²) in [6.07, 6.45) is -19.0. The van der Waals surface area contributed by atoms with Crippen LogP contribution in [0.4, 0.5) is 87.2 Å². The third-order valence-electron chi connectivity index (χ3n) is 3.03. The fourth-order valence-corrected chi connectivity index (χ4v) is 1.74. The predicted molar refractivity (Wildman–Crippen MR) is 93.3 cm³/mol. The van der Waals surface area contributed by atoms with Crippen LogP contribution >= 0.6 is 0 Å². The van der Waals surface area contributed by atoms with Crippen molar-refractivity contribution in [2.24, 2.45) is 0 Å². The molecule has 0 heterocycles. The van der Waals surface area contributed by atoms with E-state index in [0.29, 0.717) is 24.3 Å². The first-order valence-electron chi connectivity index (χ1n) is 8.66. The molecule has 0 aliphatic heterocycles. The van der Waals surface area contributed by atoms with Crippen LogP contribution in [0.5, 0.6) is 0 Å². The molecule has 2 aromatic rings. The molecule has 2 aromatic carbocycles. The molecule has 0 spiro atoms. The van der Waals surface area contributed by atoms with Gasteiger partial charge in [0.2, 0.25) is 0 Å². The molecule has 0 aromatic heterocycles. The quantitative estimate of drug-likeness (QED) is 0.208. The number of alkyl halides is 12. The maximum absolute atomic E-state index is 12.0. The molecule has 0 saturated carbocycles. The van der Waals surface area contributed by atoms with Gasteiger partial charge in [-0.25, -0.2) is 0 Å². The van der Waals surface area contributed by atoms with Crippen LogP contribution in [0.15, 0.2) is 48.5 Å². The Balaban J connectivity index is 0. The SMILES string of the molecule is FC(F)(F)c1cccc(C(F)(F)F)c1.FC(F)(F)c1cccc(C(F)(F)F)c1.F[B-](F)(F)F.F[B-](F)(F)F. The number of rotatable bonds is 0. The normalized spacial score (nSPS) is 12.7. The summed E-state index contributed by atoms with van der Waals surface area (Å²) in [7, 11) is -12.0. The molecule has 0 aliphatic rings. The highest BCUT2D eigenvalue weighted by molar-refractivity contribution is 6.50. The molecular weight excluding hydrogens is 594 g/mol. The molecule has 0 saturated heterocycles. The summed E-state index contributed by atoms with van der Waals surface area (Å²) in [4.78, 5) is 0. The van der Waals surface area contributed by atoms with Crippen LogP contribution in [-0.2, 0) is 24.7 Å². The maximum Gasteiger partial charge on any atom is 0.673 e. The fraction of sp³-hybridized carbons (Fsp3) is 0.250. The molecule has 220 valence electrons. The van der Waals surface area contributed by atoms with Crippen LogP contribution < -0.4 is 0 Å². The lowest BCUT2D eigenvalue weighted by molar-refractivity contribution is -0.144. The minimum absolute atomic E-state index is 0.0833. The third kappa shape index (κ3) is 20.3. The van der Waals surface area contributed by atoms with E-state index in [1.807, 2.05) is 0 Å². The smallest absolute Gasteiger partial charge is 0.418 e. The van der Waals surface area contributed by atoms with Gasteiger partial charge in [0.25, 0.3) is 0 Å². The van der Waals surface area contributed by atoms with Crippen LogP contribution in [-0.4, -0.2) is 14.5 Å². The maximum atomic E-state index is 12.0. The van der Waals surface area contributed by atoms with Crippen LogP contribution in [0.1, 0.15) is 22.3 Å². The zero-order valence-corrected chi connectivity index (χ0v) is 17.3. The summed E-state index contributed by atoms with van der Waals surface area (Å²) < 4.78 is 222. The first kappa shape index (κ1) is 37.3. The highest BCUT2D eigenvalue weighted by Crippen LogP contribution is 2.36. The van der Waals surface area contributed by atoms with E-state index >= 15 is 0 Å². The van der Waals surface area contributed by atoms with Crippen LogP contribution in [0.3, 0.4) is 0 Å². The van der Waals surface area contributed by atoms with Gasteiger partial charge in [-0.2, -0.15) is 52.7 Å². The first-order valence-corrected chi connectivity index (χ1v) is 8.66. The molecule has 0 bridgehead atoms. The largest absolute Gasteiger partial charge is 0.673 e. The Kier molecular flexibility index (Phi) is 13.1. The van der Waals surface area contributed by atoms with Crippen molar-refractivity contribution >= 4 is 14.5 Å². The molecule has 0 atom stereocenters. The zero-order valence-electron chi connectivity index (χ0n) is 17.3. The molecule has 22 heteroatoms. The second-order valence-corrected chi connectivity index (χ2v) is 6.14. The van der Waals surface area contributed by atoms with Gasteiger partial charge >= 0.3 is 39.2 Å². The highest BCUT2D eigenvalue weighted by atomic mass is 19.5. The molecule has 0 N–H and O–H groups in total. The van der Waals surface area contributed by atoms with Gasteiger partial charge < -0.3 is 34.5 Å². The summed E-state index contributed by atoms with van der Waals surface area (Å²) >= 11 is 0. The van der Waals surface area contributed by atoms with Gasteiger partial charge in [-0.1, -0.05) is 12.1 Å². The third-order valence-corrected chi connectivity index (χ3v) is 3.03. The molecular formula is C16H8B2F20-2. The lowest BCUT2D eigenvalue weighted by Crippen LogP contribution is -2.09. The average Bonchev–Trinajstić information content (AvgIpc) is 2.63. The Morgan fingerprint density at radius 3 is 0.579 bits per heavy atom. The lowest BCUT2D eigenvalue weighted by Gasteiger charge is -2.10. The Hall–Kier alpha value is -2.83. The van der Waals surface area contributed by atoms with E-state index in [0.717, 1.165) is 12.1 Å². The molecule has 2 rings (SSSR count). The van der Waals surface area contributed by atoms with E-state index in [4.69, 9.17) is 0 Å². The van der Waals surface area contributed by atoms with Gasteiger partial charge in [0.15, 0.2) is 0 Å². The Morgan fingerprint density at radius 1 is 0.342 bits per heavy atom. The minimum Gasteiger partial charge on any atom is -0.418 e. The summed E-state index contributed by atoms with van der Waals surface area (Å²) in [5.41, 5.74) is -5.20. The molecule has 0 radical (unpaired) electrons. The average molecular weight is 602 g/mol. The second kappa shape index (κ2) is 13.3. The Morgan fingerprint density at radius 2 is 0.474 bits per heavy atom. The highest BCUT2D eigenvalue weighted by Gasteiger charge is 2.36. The van der Waals surface area contributed by atoms with Gasteiger partial charge in [-0.05, 0) is 36.4 Å². The lowest BCUT2D eigenvalue weighted by atomic mass is 10.1. The summed E-state index contributed by atoms with van der Waals surface area (Å²) in [6.45, 7) is 0. The van der Waals surface area contributed by atoms with Crippen LogP contribution in [0, 0.1) is 0 Å². The zero-order chi connectivity index (χ0) is 31.0. The summed E-state index contributed by atoms with van der Waals surface area (Å²) in [6, 6.07) is 3.99. The van der Waals surface area contributed by atoms with Crippen molar-refractivity contribution < 1.29 is 87.2 Å². The molecule has 38 heavy (non-hydrogen) atoms. The van der Waals surface area contributed by atoms with E-state index in [9.17, 15) is 87.2 Å². The van der Waals surface area contributed by atoms with Gasteiger partial charge in [-0.15, -0.1) is 0 Å². The topological polar surface area (TPSA) is 0 Å². The van der Waals surface area contributed by atoms with E-state index in [1.54, 1.807) is 0 Å². The number of halogens is 20. The van der Waals surface area contributed by atoms with E-state index in [1.165, 1.54) is 0 Å². The van der Waals surface area contributed by atoms with E-state index < -0.39 is 61.5 Å². The predicted octanol–water partition coefficient (Wildman–Crippen LogP) is 10.0. The van der Waals surface area contributed by atoms with Gasteiger partial charge in [0, 0.05) is 0 Å². The Bertz CT molecular complexity index is 811. The van der Waals surface area contributed by atoms with Gasteiger partial charge in [-0.3, -0.25) is 0 Å². The first-order chi connectivity index (χ1) is 16.4. The summed E-state index contributed by atoms with van der Waals surface area (Å²) in [5, 5.41) is 0. The molecule has 0 nitrogen and oxygen atoms in total. The minimum atomic E-state index is -6.00. The number of benzene rings is 2. The van der Waals surface area contributed by atoms with Crippen molar-refractivity contribution in [2.75, 3.05) is 0 Å². The van der Waals surface area contributed by atoms with Crippen molar-refractivity contribution in [1.29, 1.82) is 0 Å². The fourth-order valence-electron chi connectivity index (χ4n) is 1.74. The monoisotopic (exact) mass is 602 g/mol. The molecule has 0 aliphatic carbocycles. The molecule has 0 fully saturated rings. The van der Waals surface area contributed by atoms with E-state index in [-0.39, 0.29) is 12.1 Å². The van der Waals surface area contributed by atoms with Crippen LogP contribution in [0.25, 0.3) is 0 Å². The van der Waals surface area contributed by atoms with Crippen molar-refractivity contribution in [1.82, 2.24) is 0 Å². The summed E-state index contributed by atoms with van der Waals surface area (Å²) in [5.74, 6) is 0. The van der Waals surface area contributed by atoms with Crippen molar-refractivity contribution in [3.8, 4) is 0 Å². The van der Waals surface area contributed by atoms with Gasteiger partial charge in [0.05, 0.1) is 22.3 Å². The molecule has 0 amide bonds. The second-order valence-electron chi connectivity index (χ2n) is 6.14. The van der Waals surface area contributed by atoms with Crippen molar-refractivity contribution in [3.05, 3.63) is 70.8 Å². The van der Waals surface area contributed by atoms with Gasteiger partial charge in [0.1, 0.15) is 0 Å². The number of hydrogen-bond acceptors (Lipinski definition) is 0. The van der Waals surface area contributed by atoms with Crippen molar-refractivity contribution in [3.63, 3.8) is 0 Å².